The molecule has 3 fully saturated rings. The molecule has 0 aromatic carbocycles. The Morgan fingerprint density at radius 3 is 2.89 bits per heavy atom. The number of ketones is 1. The first-order chi connectivity index (χ1) is 13.0. The minimum atomic E-state index is 0.177. The van der Waals surface area contributed by atoms with E-state index in [2.05, 4.69) is 26.5 Å². The van der Waals surface area contributed by atoms with Gasteiger partial charge in [0.25, 0.3) is 0 Å². The zero-order valence-electron chi connectivity index (χ0n) is 17.2. The Balaban J connectivity index is 1.38. The number of hydrogen-bond acceptors (Lipinski definition) is 3. The number of carbonyl (C=O) groups is 1. The zero-order valence-corrected chi connectivity index (χ0v) is 18.8. The van der Waals surface area contributed by atoms with Gasteiger partial charge in [-0.3, -0.25) is 4.79 Å². The van der Waals surface area contributed by atoms with Gasteiger partial charge in [-0.15, -0.1) is 0 Å². The van der Waals surface area contributed by atoms with Crippen LogP contribution in [0.1, 0.15) is 78.1 Å². The SMILES string of the molecule is C=CC(=O)CCSS[C@H]1CC[C@@]2(C)C(=CCC3C4CCC[C@@]4(C)CCC32)C1. The van der Waals surface area contributed by atoms with Gasteiger partial charge in [0.2, 0.25) is 0 Å². The van der Waals surface area contributed by atoms with E-state index >= 15 is 0 Å². The number of fused-ring (bicyclic) bond motifs is 5. The van der Waals surface area contributed by atoms with Crippen molar-refractivity contribution in [3.63, 3.8) is 0 Å². The van der Waals surface area contributed by atoms with Crippen LogP contribution in [0.3, 0.4) is 0 Å². The van der Waals surface area contributed by atoms with Crippen molar-refractivity contribution in [1.29, 1.82) is 0 Å². The van der Waals surface area contributed by atoms with Gasteiger partial charge in [0.1, 0.15) is 0 Å². The monoisotopic (exact) mass is 404 g/mol. The molecule has 0 bridgehead atoms. The topological polar surface area (TPSA) is 17.1 Å². The van der Waals surface area contributed by atoms with Crippen LogP contribution in [0.15, 0.2) is 24.3 Å². The normalized spacial score (nSPS) is 43.3. The third kappa shape index (κ3) is 3.72. The summed E-state index contributed by atoms with van der Waals surface area (Å²) in [6.45, 7) is 8.78. The second kappa shape index (κ2) is 7.94. The van der Waals surface area contributed by atoms with Crippen molar-refractivity contribution in [3.8, 4) is 0 Å². The summed E-state index contributed by atoms with van der Waals surface area (Å²) in [5.41, 5.74) is 2.93. The van der Waals surface area contributed by atoms with E-state index in [0.717, 1.165) is 28.8 Å². The highest BCUT2D eigenvalue weighted by molar-refractivity contribution is 8.76. The Morgan fingerprint density at radius 2 is 2.07 bits per heavy atom. The van der Waals surface area contributed by atoms with Crippen molar-refractivity contribution in [1.82, 2.24) is 0 Å². The van der Waals surface area contributed by atoms with Crippen LogP contribution in [-0.2, 0) is 4.79 Å². The molecule has 0 saturated heterocycles. The third-order valence-corrected chi connectivity index (χ3v) is 11.6. The number of allylic oxidation sites excluding steroid dienone is 3. The first-order valence-electron chi connectivity index (χ1n) is 11.1. The van der Waals surface area contributed by atoms with Gasteiger partial charge in [-0.2, -0.15) is 0 Å². The van der Waals surface area contributed by atoms with E-state index in [-0.39, 0.29) is 5.78 Å². The Hall–Kier alpha value is -0.150. The Morgan fingerprint density at radius 1 is 1.22 bits per heavy atom. The summed E-state index contributed by atoms with van der Waals surface area (Å²) in [6.07, 6.45) is 17.6. The van der Waals surface area contributed by atoms with Crippen molar-refractivity contribution < 1.29 is 4.79 Å². The van der Waals surface area contributed by atoms with E-state index < -0.39 is 0 Å². The molecule has 4 aliphatic carbocycles. The summed E-state index contributed by atoms with van der Waals surface area (Å²) in [4.78, 5) is 11.4. The van der Waals surface area contributed by atoms with Gasteiger partial charge in [-0.05, 0) is 86.0 Å². The van der Waals surface area contributed by atoms with Crippen molar-refractivity contribution in [2.24, 2.45) is 28.6 Å². The van der Waals surface area contributed by atoms with Gasteiger partial charge in [-0.25, -0.2) is 0 Å². The van der Waals surface area contributed by atoms with Crippen molar-refractivity contribution in [2.45, 2.75) is 83.3 Å². The molecule has 0 heterocycles. The molecule has 150 valence electrons. The molecule has 0 amide bonds. The molecule has 0 aliphatic heterocycles. The predicted molar refractivity (Wildman–Crippen MR) is 120 cm³/mol. The molecule has 27 heavy (non-hydrogen) atoms. The zero-order chi connectivity index (χ0) is 19.1. The molecule has 6 atom stereocenters. The minimum absolute atomic E-state index is 0.177. The maximum atomic E-state index is 11.4. The first kappa shape index (κ1) is 20.1. The van der Waals surface area contributed by atoms with Crippen LogP contribution in [0.4, 0.5) is 0 Å². The van der Waals surface area contributed by atoms with Crippen LogP contribution in [-0.4, -0.2) is 16.8 Å². The van der Waals surface area contributed by atoms with E-state index in [0.29, 0.717) is 17.3 Å². The molecule has 0 aromatic rings. The van der Waals surface area contributed by atoms with Crippen LogP contribution in [0, 0.1) is 28.6 Å². The molecule has 3 heteroatoms. The van der Waals surface area contributed by atoms with Gasteiger partial charge in [0.05, 0.1) is 0 Å². The fraction of sp³-hybridized carbons (Fsp3) is 0.792. The maximum Gasteiger partial charge on any atom is 0.155 e. The average molecular weight is 405 g/mol. The van der Waals surface area contributed by atoms with Crippen LogP contribution < -0.4 is 0 Å². The smallest absolute Gasteiger partial charge is 0.155 e. The Bertz CT molecular complexity index is 626. The number of rotatable bonds is 6. The van der Waals surface area contributed by atoms with Crippen molar-refractivity contribution >= 4 is 27.4 Å². The predicted octanol–water partition coefficient (Wildman–Crippen LogP) is 7.23. The molecule has 0 radical (unpaired) electrons. The lowest BCUT2D eigenvalue weighted by Gasteiger charge is -2.57. The molecule has 4 aliphatic rings. The summed E-state index contributed by atoms with van der Waals surface area (Å²) in [5, 5.41) is 0.741. The molecule has 0 N–H and O–H groups in total. The van der Waals surface area contributed by atoms with E-state index in [4.69, 9.17) is 0 Å². The summed E-state index contributed by atoms with van der Waals surface area (Å²) >= 11 is 0. The van der Waals surface area contributed by atoms with Crippen molar-refractivity contribution in [3.05, 3.63) is 24.3 Å². The molecular formula is C24H36OS2. The quantitative estimate of drug-likeness (QED) is 0.201. The van der Waals surface area contributed by atoms with Gasteiger partial charge in [0, 0.05) is 17.4 Å². The minimum Gasteiger partial charge on any atom is -0.295 e. The summed E-state index contributed by atoms with van der Waals surface area (Å²) in [5.74, 6) is 4.00. The highest BCUT2D eigenvalue weighted by Gasteiger charge is 2.55. The molecule has 4 rings (SSSR count). The molecule has 3 unspecified atom stereocenters. The van der Waals surface area contributed by atoms with Gasteiger partial charge in [-0.1, -0.05) is 60.1 Å². The molecule has 0 aromatic heterocycles. The fourth-order valence-electron chi connectivity index (χ4n) is 7.09. The highest BCUT2D eigenvalue weighted by Crippen LogP contribution is 2.65. The molecule has 0 spiro atoms. The largest absolute Gasteiger partial charge is 0.295 e. The lowest BCUT2D eigenvalue weighted by atomic mass is 9.48. The Kier molecular flexibility index (Phi) is 5.92. The number of carbonyl (C=O) groups excluding carboxylic acids is 1. The van der Waals surface area contributed by atoms with E-state index in [1.165, 1.54) is 63.9 Å². The fourth-order valence-corrected chi connectivity index (χ4v) is 9.74. The average Bonchev–Trinajstić information content (AvgIpc) is 3.06. The first-order valence-corrected chi connectivity index (χ1v) is 13.5. The standard InChI is InChI=1S/C24H36OS2/c1-4-18(25)11-15-26-27-19-9-14-24(3)17(16-19)7-8-20-21-6-5-12-23(21,2)13-10-22(20)24/h4,7,19-22H,1,5-6,8-16H2,2-3H3/t19-,20?,21?,22?,23-,24-/m0/s1. The highest BCUT2D eigenvalue weighted by atomic mass is 33.1. The third-order valence-electron chi connectivity index (χ3n) is 8.70. The van der Waals surface area contributed by atoms with E-state index in [1.807, 2.05) is 21.6 Å². The second-order valence-electron chi connectivity index (χ2n) is 10.0. The van der Waals surface area contributed by atoms with Gasteiger partial charge < -0.3 is 0 Å². The van der Waals surface area contributed by atoms with Crippen LogP contribution in [0.2, 0.25) is 0 Å². The number of hydrogen-bond donors (Lipinski definition) is 0. The van der Waals surface area contributed by atoms with Gasteiger partial charge >= 0.3 is 0 Å². The van der Waals surface area contributed by atoms with Crippen LogP contribution >= 0.6 is 21.6 Å². The summed E-state index contributed by atoms with van der Waals surface area (Å²) in [6, 6.07) is 0. The molecule has 3 saturated carbocycles. The van der Waals surface area contributed by atoms with E-state index in [9.17, 15) is 4.79 Å². The molecular weight excluding hydrogens is 368 g/mol. The lowest BCUT2D eigenvalue weighted by Crippen LogP contribution is -2.49. The molecule has 1 nitrogen and oxygen atoms in total. The lowest BCUT2D eigenvalue weighted by molar-refractivity contribution is -0.114. The van der Waals surface area contributed by atoms with Gasteiger partial charge in [0.15, 0.2) is 5.78 Å². The maximum absolute atomic E-state index is 11.4. The van der Waals surface area contributed by atoms with Crippen LogP contribution in [0.5, 0.6) is 0 Å². The summed E-state index contributed by atoms with van der Waals surface area (Å²) < 4.78 is 0. The van der Waals surface area contributed by atoms with E-state index in [1.54, 1.807) is 5.57 Å². The second-order valence-corrected chi connectivity index (χ2v) is 12.8. The summed E-state index contributed by atoms with van der Waals surface area (Å²) in [7, 11) is 3.94. The Labute approximate surface area is 174 Å². The van der Waals surface area contributed by atoms with Crippen molar-refractivity contribution in [2.75, 3.05) is 5.75 Å². The van der Waals surface area contributed by atoms with Crippen LogP contribution in [0.25, 0.3) is 0 Å².